The van der Waals surface area contributed by atoms with Gasteiger partial charge < -0.3 is 5.11 Å². The van der Waals surface area contributed by atoms with Crippen LogP contribution in [-0.2, 0) is 5.54 Å². The Morgan fingerprint density at radius 2 is 2.05 bits per heavy atom. The van der Waals surface area contributed by atoms with Gasteiger partial charge in [-0.15, -0.1) is 0 Å². The first kappa shape index (κ1) is 13.2. The SMILES string of the molecule is CC(C)(C)n1cnc(-c2ccc(C(=O)O)cc2F)n1. The van der Waals surface area contributed by atoms with Crippen molar-refractivity contribution in [3.8, 4) is 11.4 Å². The Balaban J connectivity index is 2.43. The molecule has 0 amide bonds. The first-order valence-corrected chi connectivity index (χ1v) is 5.74. The lowest BCUT2D eigenvalue weighted by atomic mass is 10.1. The zero-order valence-corrected chi connectivity index (χ0v) is 10.9. The second-order valence-electron chi connectivity index (χ2n) is 5.18. The Hall–Kier alpha value is -2.24. The summed E-state index contributed by atoms with van der Waals surface area (Å²) in [5.41, 5.74) is -0.160. The molecule has 0 spiro atoms. The van der Waals surface area contributed by atoms with Crippen LogP contribution < -0.4 is 0 Å². The van der Waals surface area contributed by atoms with Crippen molar-refractivity contribution in [3.05, 3.63) is 35.9 Å². The monoisotopic (exact) mass is 263 g/mol. The molecule has 6 heteroatoms. The molecule has 2 rings (SSSR count). The normalized spacial score (nSPS) is 11.6. The van der Waals surface area contributed by atoms with Crippen LogP contribution in [0.5, 0.6) is 0 Å². The van der Waals surface area contributed by atoms with Crippen molar-refractivity contribution < 1.29 is 14.3 Å². The van der Waals surface area contributed by atoms with E-state index in [0.717, 1.165) is 6.07 Å². The Labute approximate surface area is 109 Å². The van der Waals surface area contributed by atoms with Crippen molar-refractivity contribution in [2.75, 3.05) is 0 Å². The Kier molecular flexibility index (Phi) is 3.09. The maximum absolute atomic E-state index is 13.8. The van der Waals surface area contributed by atoms with E-state index >= 15 is 0 Å². The Morgan fingerprint density at radius 3 is 2.53 bits per heavy atom. The van der Waals surface area contributed by atoms with Crippen LogP contribution in [0.25, 0.3) is 11.4 Å². The van der Waals surface area contributed by atoms with Crippen LogP contribution in [-0.4, -0.2) is 25.8 Å². The molecule has 0 radical (unpaired) electrons. The number of benzene rings is 1. The van der Waals surface area contributed by atoms with Crippen molar-refractivity contribution in [1.29, 1.82) is 0 Å². The summed E-state index contributed by atoms with van der Waals surface area (Å²) >= 11 is 0. The van der Waals surface area contributed by atoms with Crippen molar-refractivity contribution in [3.63, 3.8) is 0 Å². The molecule has 0 aliphatic carbocycles. The van der Waals surface area contributed by atoms with Crippen LogP contribution >= 0.6 is 0 Å². The number of hydrogen-bond acceptors (Lipinski definition) is 3. The van der Waals surface area contributed by atoms with E-state index in [2.05, 4.69) is 10.1 Å². The molecule has 0 atom stereocenters. The molecule has 100 valence electrons. The third-order valence-electron chi connectivity index (χ3n) is 2.64. The first-order valence-electron chi connectivity index (χ1n) is 5.74. The van der Waals surface area contributed by atoms with Gasteiger partial charge in [-0.3, -0.25) is 0 Å². The molecule has 0 fully saturated rings. The average Bonchev–Trinajstić information content (AvgIpc) is 2.77. The van der Waals surface area contributed by atoms with E-state index in [1.165, 1.54) is 18.5 Å². The first-order chi connectivity index (χ1) is 8.79. The summed E-state index contributed by atoms with van der Waals surface area (Å²) in [7, 11) is 0. The van der Waals surface area contributed by atoms with E-state index in [1.807, 2.05) is 20.8 Å². The second-order valence-corrected chi connectivity index (χ2v) is 5.18. The van der Waals surface area contributed by atoms with Gasteiger partial charge in [0.15, 0.2) is 5.82 Å². The van der Waals surface area contributed by atoms with Crippen molar-refractivity contribution in [2.45, 2.75) is 26.3 Å². The van der Waals surface area contributed by atoms with Gasteiger partial charge in [0.2, 0.25) is 0 Å². The molecule has 2 aromatic rings. The van der Waals surface area contributed by atoms with Gasteiger partial charge in [-0.1, -0.05) is 0 Å². The number of carbonyl (C=O) groups is 1. The molecule has 0 saturated carbocycles. The molecule has 1 aromatic carbocycles. The van der Waals surface area contributed by atoms with Gasteiger partial charge >= 0.3 is 5.97 Å². The quantitative estimate of drug-likeness (QED) is 0.904. The predicted molar refractivity (Wildman–Crippen MR) is 67.4 cm³/mol. The molecular formula is C13H14FN3O2. The highest BCUT2D eigenvalue weighted by Gasteiger charge is 2.18. The molecule has 0 aliphatic rings. The highest BCUT2D eigenvalue weighted by Crippen LogP contribution is 2.22. The van der Waals surface area contributed by atoms with Gasteiger partial charge in [0, 0.05) is 0 Å². The maximum atomic E-state index is 13.8. The van der Waals surface area contributed by atoms with E-state index in [9.17, 15) is 9.18 Å². The lowest BCUT2D eigenvalue weighted by Crippen LogP contribution is -2.22. The number of hydrogen-bond donors (Lipinski definition) is 1. The summed E-state index contributed by atoms with van der Waals surface area (Å²) in [6.07, 6.45) is 1.53. The van der Waals surface area contributed by atoms with Crippen LogP contribution in [0.2, 0.25) is 0 Å². The summed E-state index contributed by atoms with van der Waals surface area (Å²) in [5, 5.41) is 13.0. The maximum Gasteiger partial charge on any atom is 0.335 e. The summed E-state index contributed by atoms with van der Waals surface area (Å²) in [6.45, 7) is 5.86. The highest BCUT2D eigenvalue weighted by molar-refractivity contribution is 5.88. The van der Waals surface area contributed by atoms with E-state index < -0.39 is 11.8 Å². The minimum atomic E-state index is -1.17. The number of aromatic nitrogens is 3. The summed E-state index contributed by atoms with van der Waals surface area (Å²) in [6, 6.07) is 3.68. The number of nitrogens with zero attached hydrogens (tertiary/aromatic N) is 3. The zero-order chi connectivity index (χ0) is 14.2. The minimum absolute atomic E-state index is 0.100. The summed E-state index contributed by atoms with van der Waals surface area (Å²) in [4.78, 5) is 14.8. The molecule has 5 nitrogen and oxygen atoms in total. The van der Waals surface area contributed by atoms with E-state index in [0.29, 0.717) is 0 Å². The fourth-order valence-corrected chi connectivity index (χ4v) is 1.54. The van der Waals surface area contributed by atoms with E-state index in [1.54, 1.807) is 4.68 Å². The number of rotatable bonds is 2. The number of halogens is 1. The van der Waals surface area contributed by atoms with Crippen LogP contribution in [0, 0.1) is 5.82 Å². The predicted octanol–water partition coefficient (Wildman–Crippen LogP) is 2.54. The molecule has 0 unspecified atom stereocenters. The zero-order valence-electron chi connectivity index (χ0n) is 10.9. The fraction of sp³-hybridized carbons (Fsp3) is 0.308. The molecule has 0 saturated heterocycles. The molecule has 19 heavy (non-hydrogen) atoms. The minimum Gasteiger partial charge on any atom is -0.478 e. The van der Waals surface area contributed by atoms with Gasteiger partial charge in [-0.05, 0) is 39.0 Å². The number of carboxylic acid groups (broad SMARTS) is 1. The molecule has 1 aromatic heterocycles. The molecule has 1 heterocycles. The van der Waals surface area contributed by atoms with Gasteiger partial charge in [0.05, 0.1) is 16.7 Å². The third kappa shape index (κ3) is 2.62. The largest absolute Gasteiger partial charge is 0.478 e. The van der Waals surface area contributed by atoms with E-state index in [4.69, 9.17) is 5.11 Å². The highest BCUT2D eigenvalue weighted by atomic mass is 19.1. The van der Waals surface area contributed by atoms with Crippen molar-refractivity contribution in [1.82, 2.24) is 14.8 Å². The van der Waals surface area contributed by atoms with Gasteiger partial charge in [0.25, 0.3) is 0 Å². The second kappa shape index (κ2) is 4.46. The van der Waals surface area contributed by atoms with Crippen LogP contribution in [0.1, 0.15) is 31.1 Å². The van der Waals surface area contributed by atoms with Crippen LogP contribution in [0.4, 0.5) is 4.39 Å². The molecule has 0 aliphatic heterocycles. The smallest absolute Gasteiger partial charge is 0.335 e. The third-order valence-corrected chi connectivity index (χ3v) is 2.64. The summed E-state index contributed by atoms with van der Waals surface area (Å²) < 4.78 is 15.5. The fourth-order valence-electron chi connectivity index (χ4n) is 1.54. The standard InChI is InChI=1S/C13H14FN3O2/c1-13(2,3)17-7-15-11(16-17)9-5-4-8(12(18)19)6-10(9)14/h4-7H,1-3H3,(H,18,19). The molecular weight excluding hydrogens is 249 g/mol. The number of aromatic carboxylic acids is 1. The van der Waals surface area contributed by atoms with E-state index in [-0.39, 0.29) is 22.5 Å². The van der Waals surface area contributed by atoms with Crippen LogP contribution in [0.15, 0.2) is 24.5 Å². The Bertz CT molecular complexity index is 629. The topological polar surface area (TPSA) is 68.0 Å². The van der Waals surface area contributed by atoms with Crippen molar-refractivity contribution >= 4 is 5.97 Å². The average molecular weight is 263 g/mol. The van der Waals surface area contributed by atoms with Crippen LogP contribution in [0.3, 0.4) is 0 Å². The number of carboxylic acids is 1. The van der Waals surface area contributed by atoms with Gasteiger partial charge in [0.1, 0.15) is 12.1 Å². The van der Waals surface area contributed by atoms with Crippen molar-refractivity contribution in [2.24, 2.45) is 0 Å². The van der Waals surface area contributed by atoms with Gasteiger partial charge in [-0.25, -0.2) is 18.9 Å². The lowest BCUT2D eigenvalue weighted by Gasteiger charge is -2.17. The van der Waals surface area contributed by atoms with Gasteiger partial charge in [-0.2, -0.15) is 5.10 Å². The molecule has 0 bridgehead atoms. The molecule has 1 N–H and O–H groups in total. The summed E-state index contributed by atoms with van der Waals surface area (Å²) in [5.74, 6) is -1.57. The lowest BCUT2D eigenvalue weighted by molar-refractivity contribution is 0.0696. The Morgan fingerprint density at radius 1 is 1.37 bits per heavy atom.